The molecule has 0 aliphatic rings. The van der Waals surface area contributed by atoms with Crippen LogP contribution in [-0.2, 0) is 6.18 Å². The minimum Gasteiger partial charge on any atom is -0.387 e. The first-order valence-corrected chi connectivity index (χ1v) is 8.48. The summed E-state index contributed by atoms with van der Waals surface area (Å²) in [5.74, 6) is -0.0401. The van der Waals surface area contributed by atoms with Crippen LogP contribution in [0, 0.1) is 5.82 Å². The maximum absolute atomic E-state index is 12.9. The van der Waals surface area contributed by atoms with E-state index in [1.807, 2.05) is 0 Å². The molecule has 0 spiro atoms. The van der Waals surface area contributed by atoms with Crippen LogP contribution in [0.25, 0.3) is 11.3 Å². The predicted molar refractivity (Wildman–Crippen MR) is 97.3 cm³/mol. The standard InChI is InChI=1S/C19H14ClF4N3O/c20-15-7-12(3-6-14(15)19(22,23)24)16-8-18(27-10-26-16)25-9-17(28)11-1-4-13(21)5-2-11/h1-8,10,17,28H,9H2,(H,25,26,27)/t17-/m0/s1. The highest BCUT2D eigenvalue weighted by Gasteiger charge is 2.33. The van der Waals surface area contributed by atoms with Crippen LogP contribution in [0.5, 0.6) is 0 Å². The molecule has 0 unspecified atom stereocenters. The first kappa shape index (κ1) is 20.0. The van der Waals surface area contributed by atoms with Crippen molar-refractivity contribution in [2.45, 2.75) is 12.3 Å². The van der Waals surface area contributed by atoms with Gasteiger partial charge in [-0.2, -0.15) is 13.2 Å². The monoisotopic (exact) mass is 411 g/mol. The van der Waals surface area contributed by atoms with E-state index >= 15 is 0 Å². The van der Waals surface area contributed by atoms with Gasteiger partial charge in [0.25, 0.3) is 0 Å². The minimum atomic E-state index is -4.54. The van der Waals surface area contributed by atoms with Crippen molar-refractivity contribution in [2.24, 2.45) is 0 Å². The van der Waals surface area contributed by atoms with Crippen molar-refractivity contribution in [3.8, 4) is 11.3 Å². The van der Waals surface area contributed by atoms with Crippen molar-refractivity contribution in [1.29, 1.82) is 0 Å². The van der Waals surface area contributed by atoms with Crippen LogP contribution in [-0.4, -0.2) is 21.6 Å². The van der Waals surface area contributed by atoms with Crippen LogP contribution >= 0.6 is 11.6 Å². The van der Waals surface area contributed by atoms with E-state index < -0.39 is 28.7 Å². The Bertz CT molecular complexity index is 964. The van der Waals surface area contributed by atoms with E-state index in [0.29, 0.717) is 22.6 Å². The summed E-state index contributed by atoms with van der Waals surface area (Å²) in [5.41, 5.74) is 0.359. The van der Waals surface area contributed by atoms with Crippen LogP contribution in [0.15, 0.2) is 54.9 Å². The molecule has 4 nitrogen and oxygen atoms in total. The Morgan fingerprint density at radius 1 is 1.04 bits per heavy atom. The number of aromatic nitrogens is 2. The van der Waals surface area contributed by atoms with Crippen LogP contribution < -0.4 is 5.32 Å². The van der Waals surface area contributed by atoms with E-state index in [1.54, 1.807) is 0 Å². The number of aliphatic hydroxyl groups excluding tert-OH is 1. The number of hydrogen-bond donors (Lipinski definition) is 2. The molecule has 3 rings (SSSR count). The Labute approximate surface area is 162 Å². The molecule has 1 aromatic heterocycles. The van der Waals surface area contributed by atoms with E-state index in [9.17, 15) is 22.7 Å². The lowest BCUT2D eigenvalue weighted by Crippen LogP contribution is -2.13. The first-order chi connectivity index (χ1) is 13.2. The third-order valence-corrected chi connectivity index (χ3v) is 4.28. The second kappa shape index (κ2) is 8.12. The Morgan fingerprint density at radius 2 is 1.75 bits per heavy atom. The van der Waals surface area contributed by atoms with Crippen molar-refractivity contribution < 1.29 is 22.7 Å². The summed E-state index contributed by atoms with van der Waals surface area (Å²) in [6, 6.07) is 10.3. The topological polar surface area (TPSA) is 58.0 Å². The number of anilines is 1. The third kappa shape index (κ3) is 4.76. The Hall–Kier alpha value is -2.71. The molecule has 146 valence electrons. The van der Waals surface area contributed by atoms with Crippen molar-refractivity contribution in [1.82, 2.24) is 9.97 Å². The molecular formula is C19H14ClF4N3O. The molecule has 1 heterocycles. The second-order valence-corrected chi connectivity index (χ2v) is 6.34. The zero-order valence-electron chi connectivity index (χ0n) is 14.2. The Kier molecular flexibility index (Phi) is 5.81. The number of alkyl halides is 3. The molecule has 0 saturated heterocycles. The molecule has 0 radical (unpaired) electrons. The normalized spacial score (nSPS) is 12.6. The molecule has 3 aromatic rings. The lowest BCUT2D eigenvalue weighted by molar-refractivity contribution is -0.137. The van der Waals surface area contributed by atoms with E-state index in [0.717, 1.165) is 6.07 Å². The average Bonchev–Trinajstić information content (AvgIpc) is 2.66. The SMILES string of the molecule is O[C@@H](CNc1cc(-c2ccc(C(F)(F)F)c(Cl)c2)ncn1)c1ccc(F)cc1. The van der Waals surface area contributed by atoms with Gasteiger partial charge < -0.3 is 10.4 Å². The van der Waals surface area contributed by atoms with Crippen molar-refractivity contribution in [2.75, 3.05) is 11.9 Å². The highest BCUT2D eigenvalue weighted by molar-refractivity contribution is 6.31. The minimum absolute atomic E-state index is 0.0931. The quantitative estimate of drug-likeness (QED) is 0.573. The van der Waals surface area contributed by atoms with E-state index in [-0.39, 0.29) is 6.54 Å². The number of halogens is 5. The van der Waals surface area contributed by atoms with Gasteiger partial charge in [-0.05, 0) is 29.8 Å². The van der Waals surface area contributed by atoms with Crippen LogP contribution in [0.4, 0.5) is 23.4 Å². The van der Waals surface area contributed by atoms with Crippen LogP contribution in [0.3, 0.4) is 0 Å². The molecule has 28 heavy (non-hydrogen) atoms. The molecular weight excluding hydrogens is 398 g/mol. The van der Waals surface area contributed by atoms with E-state index in [4.69, 9.17) is 11.6 Å². The fourth-order valence-corrected chi connectivity index (χ4v) is 2.81. The van der Waals surface area contributed by atoms with Gasteiger partial charge in [0.2, 0.25) is 0 Å². The van der Waals surface area contributed by atoms with Crippen molar-refractivity contribution in [3.05, 3.63) is 76.8 Å². The summed E-state index contributed by atoms with van der Waals surface area (Å²) in [6.45, 7) is 0.0931. The molecule has 0 fully saturated rings. The number of nitrogens with one attached hydrogen (secondary N) is 1. The van der Waals surface area contributed by atoms with Gasteiger partial charge in [0.05, 0.1) is 22.4 Å². The molecule has 0 amide bonds. The number of benzene rings is 2. The third-order valence-electron chi connectivity index (χ3n) is 3.97. The predicted octanol–water partition coefficient (Wildman–Crippen LogP) is 5.10. The van der Waals surface area contributed by atoms with Crippen molar-refractivity contribution >= 4 is 17.4 Å². The number of rotatable bonds is 5. The fraction of sp³-hybridized carbons (Fsp3) is 0.158. The van der Waals surface area contributed by atoms with Gasteiger partial charge in [-0.25, -0.2) is 14.4 Å². The zero-order chi connectivity index (χ0) is 20.3. The summed E-state index contributed by atoms with van der Waals surface area (Å²) in [7, 11) is 0. The molecule has 0 saturated carbocycles. The smallest absolute Gasteiger partial charge is 0.387 e. The molecule has 2 N–H and O–H groups in total. The summed E-state index contributed by atoms with van der Waals surface area (Å²) in [6.07, 6.45) is -4.20. The summed E-state index contributed by atoms with van der Waals surface area (Å²) in [4.78, 5) is 8.06. The molecule has 9 heteroatoms. The largest absolute Gasteiger partial charge is 0.417 e. The van der Waals surface area contributed by atoms with Gasteiger partial charge in [-0.15, -0.1) is 0 Å². The van der Waals surface area contributed by atoms with Gasteiger partial charge in [0.15, 0.2) is 0 Å². The maximum Gasteiger partial charge on any atom is 0.417 e. The molecule has 0 bridgehead atoms. The van der Waals surface area contributed by atoms with Crippen LogP contribution in [0.2, 0.25) is 5.02 Å². The number of nitrogens with zero attached hydrogens (tertiary/aromatic N) is 2. The second-order valence-electron chi connectivity index (χ2n) is 5.93. The number of hydrogen-bond acceptors (Lipinski definition) is 4. The van der Waals surface area contributed by atoms with Gasteiger partial charge in [-0.1, -0.05) is 29.8 Å². The Balaban J connectivity index is 1.74. The molecule has 0 aliphatic carbocycles. The van der Waals surface area contributed by atoms with E-state index in [1.165, 1.54) is 48.8 Å². The Morgan fingerprint density at radius 3 is 2.39 bits per heavy atom. The van der Waals surface area contributed by atoms with Crippen molar-refractivity contribution in [3.63, 3.8) is 0 Å². The van der Waals surface area contributed by atoms with Crippen LogP contribution in [0.1, 0.15) is 17.2 Å². The van der Waals surface area contributed by atoms with Gasteiger partial charge >= 0.3 is 6.18 Å². The summed E-state index contributed by atoms with van der Waals surface area (Å²) >= 11 is 5.75. The molecule has 2 aromatic carbocycles. The molecule has 0 aliphatic heterocycles. The van der Waals surface area contributed by atoms with E-state index in [2.05, 4.69) is 15.3 Å². The summed E-state index contributed by atoms with van der Waals surface area (Å²) < 4.78 is 51.4. The van der Waals surface area contributed by atoms with Gasteiger partial charge in [0.1, 0.15) is 18.0 Å². The van der Waals surface area contributed by atoms with Gasteiger partial charge in [0, 0.05) is 18.2 Å². The highest BCUT2D eigenvalue weighted by Crippen LogP contribution is 2.36. The average molecular weight is 412 g/mol. The number of aliphatic hydroxyl groups is 1. The lowest BCUT2D eigenvalue weighted by Gasteiger charge is -2.13. The lowest BCUT2D eigenvalue weighted by atomic mass is 10.1. The highest BCUT2D eigenvalue weighted by atomic mass is 35.5. The summed E-state index contributed by atoms with van der Waals surface area (Å²) in [5, 5.41) is 12.6. The fourth-order valence-electron chi connectivity index (χ4n) is 2.52. The first-order valence-electron chi connectivity index (χ1n) is 8.10. The molecule has 1 atom stereocenters. The van der Waals surface area contributed by atoms with Gasteiger partial charge in [-0.3, -0.25) is 0 Å². The zero-order valence-corrected chi connectivity index (χ0v) is 15.0. The maximum atomic E-state index is 12.9.